The van der Waals surface area contributed by atoms with Crippen molar-refractivity contribution in [2.75, 3.05) is 10.6 Å². The van der Waals surface area contributed by atoms with E-state index < -0.39 is 11.6 Å². The second kappa shape index (κ2) is 3.98. The van der Waals surface area contributed by atoms with Crippen LogP contribution < -0.4 is 10.6 Å². The highest BCUT2D eigenvalue weighted by Gasteiger charge is 2.21. The smallest absolute Gasteiger partial charge is 0.149 e. The molecule has 0 aromatic heterocycles. The molecule has 0 spiro atoms. The van der Waals surface area contributed by atoms with E-state index >= 15 is 0 Å². The molecule has 0 amide bonds. The molecule has 1 aliphatic rings. The number of benzene rings is 2. The van der Waals surface area contributed by atoms with Gasteiger partial charge in [0.05, 0.1) is 5.69 Å². The summed E-state index contributed by atoms with van der Waals surface area (Å²) >= 11 is 0. The molecule has 0 aliphatic carbocycles. The molecule has 1 aliphatic heterocycles. The molecule has 2 nitrogen and oxygen atoms in total. The molecule has 0 atom stereocenters. The first-order valence-corrected chi connectivity index (χ1v) is 5.71. The lowest BCUT2D eigenvalue weighted by atomic mass is 10.1. The summed E-state index contributed by atoms with van der Waals surface area (Å²) in [6.45, 7) is 1.22. The lowest BCUT2D eigenvalue weighted by molar-refractivity contribution is 0.579. The van der Waals surface area contributed by atoms with Gasteiger partial charge in [-0.15, -0.1) is 0 Å². The molecule has 0 radical (unpaired) electrons. The Balaban J connectivity index is 1.93. The van der Waals surface area contributed by atoms with Gasteiger partial charge in [-0.3, -0.25) is 0 Å². The van der Waals surface area contributed by atoms with Crippen LogP contribution in [0.5, 0.6) is 0 Å². The first-order valence-electron chi connectivity index (χ1n) is 5.71. The summed E-state index contributed by atoms with van der Waals surface area (Å²) in [5.41, 5.74) is 9.08. The van der Waals surface area contributed by atoms with Crippen LogP contribution in [-0.2, 0) is 13.1 Å². The van der Waals surface area contributed by atoms with Crippen molar-refractivity contribution in [3.63, 3.8) is 0 Å². The molecule has 0 unspecified atom stereocenters. The van der Waals surface area contributed by atoms with Crippen molar-refractivity contribution in [2.45, 2.75) is 13.1 Å². The quantitative estimate of drug-likeness (QED) is 0.783. The molecule has 0 saturated carbocycles. The van der Waals surface area contributed by atoms with E-state index in [1.165, 1.54) is 12.1 Å². The zero-order chi connectivity index (χ0) is 12.7. The Hall–Kier alpha value is -2.10. The molecular formula is C14H12F2N2. The van der Waals surface area contributed by atoms with E-state index in [1.807, 2.05) is 23.1 Å². The van der Waals surface area contributed by atoms with E-state index in [4.69, 9.17) is 5.73 Å². The Bertz CT molecular complexity index is 611. The molecule has 0 saturated heterocycles. The molecule has 1 heterocycles. The van der Waals surface area contributed by atoms with Crippen LogP contribution in [0.15, 0.2) is 36.4 Å². The van der Waals surface area contributed by atoms with Gasteiger partial charge in [-0.05, 0) is 35.4 Å². The third-order valence-electron chi connectivity index (χ3n) is 3.20. The van der Waals surface area contributed by atoms with E-state index in [1.54, 1.807) is 0 Å². The average molecular weight is 246 g/mol. The Kier molecular flexibility index (Phi) is 2.44. The SMILES string of the molecule is Nc1ccc2c(c1)CN(c1ccc(F)cc1F)C2. The van der Waals surface area contributed by atoms with Gasteiger partial charge in [0, 0.05) is 24.8 Å². The van der Waals surface area contributed by atoms with Crippen molar-refractivity contribution in [1.82, 2.24) is 0 Å². The van der Waals surface area contributed by atoms with Crippen molar-refractivity contribution in [3.05, 3.63) is 59.2 Å². The minimum atomic E-state index is -0.558. The van der Waals surface area contributed by atoms with Crippen LogP contribution in [0.3, 0.4) is 0 Å². The summed E-state index contributed by atoms with van der Waals surface area (Å²) in [5.74, 6) is -1.09. The molecule has 0 fully saturated rings. The van der Waals surface area contributed by atoms with Crippen molar-refractivity contribution in [3.8, 4) is 0 Å². The third kappa shape index (κ3) is 1.79. The number of nitrogen functional groups attached to an aromatic ring is 1. The second-order valence-corrected chi connectivity index (χ2v) is 4.48. The predicted octanol–water partition coefficient (Wildman–Crippen LogP) is 3.07. The van der Waals surface area contributed by atoms with E-state index in [9.17, 15) is 8.78 Å². The molecule has 2 aromatic carbocycles. The maximum Gasteiger partial charge on any atom is 0.149 e. The molecule has 2 N–H and O–H groups in total. The van der Waals surface area contributed by atoms with Crippen molar-refractivity contribution >= 4 is 11.4 Å². The molecular weight excluding hydrogens is 234 g/mol. The fourth-order valence-electron chi connectivity index (χ4n) is 2.32. The molecule has 0 bridgehead atoms. The zero-order valence-corrected chi connectivity index (χ0v) is 9.66. The predicted molar refractivity (Wildman–Crippen MR) is 67.1 cm³/mol. The maximum absolute atomic E-state index is 13.7. The largest absolute Gasteiger partial charge is 0.399 e. The minimum Gasteiger partial charge on any atom is -0.399 e. The fourth-order valence-corrected chi connectivity index (χ4v) is 2.32. The lowest BCUT2D eigenvalue weighted by Crippen LogP contribution is -2.16. The zero-order valence-electron chi connectivity index (χ0n) is 9.66. The standard InChI is InChI=1S/C14H12F2N2/c15-11-2-4-14(13(16)6-11)18-7-9-1-3-12(17)5-10(9)8-18/h1-6H,7-8,17H2. The van der Waals surface area contributed by atoms with Gasteiger partial charge in [0.1, 0.15) is 11.6 Å². The Labute approximate surface area is 104 Å². The summed E-state index contributed by atoms with van der Waals surface area (Å²) in [4.78, 5) is 1.87. The molecule has 92 valence electrons. The monoisotopic (exact) mass is 246 g/mol. The van der Waals surface area contributed by atoms with Gasteiger partial charge in [-0.1, -0.05) is 6.07 Å². The summed E-state index contributed by atoms with van der Waals surface area (Å²) in [6.07, 6.45) is 0. The number of rotatable bonds is 1. The van der Waals surface area contributed by atoms with Crippen molar-refractivity contribution in [2.24, 2.45) is 0 Å². The summed E-state index contributed by atoms with van der Waals surface area (Å²) in [7, 11) is 0. The number of nitrogens with two attached hydrogens (primary N) is 1. The van der Waals surface area contributed by atoms with Gasteiger partial charge in [0.15, 0.2) is 0 Å². The highest BCUT2D eigenvalue weighted by atomic mass is 19.1. The maximum atomic E-state index is 13.7. The van der Waals surface area contributed by atoms with Crippen LogP contribution in [0.1, 0.15) is 11.1 Å². The van der Waals surface area contributed by atoms with E-state index in [-0.39, 0.29) is 0 Å². The van der Waals surface area contributed by atoms with Crippen LogP contribution in [0, 0.1) is 11.6 Å². The highest BCUT2D eigenvalue weighted by molar-refractivity contribution is 5.55. The number of halogens is 2. The van der Waals surface area contributed by atoms with Gasteiger partial charge in [-0.2, -0.15) is 0 Å². The van der Waals surface area contributed by atoms with E-state index in [0.29, 0.717) is 24.5 Å². The van der Waals surface area contributed by atoms with E-state index in [2.05, 4.69) is 0 Å². The first kappa shape index (κ1) is 11.0. The molecule has 2 aromatic rings. The molecule has 4 heteroatoms. The summed E-state index contributed by atoms with van der Waals surface area (Å²) < 4.78 is 26.6. The fraction of sp³-hybridized carbons (Fsp3) is 0.143. The van der Waals surface area contributed by atoms with Crippen LogP contribution in [0.25, 0.3) is 0 Å². The van der Waals surface area contributed by atoms with Gasteiger partial charge in [-0.25, -0.2) is 8.78 Å². The Morgan fingerprint density at radius 3 is 2.50 bits per heavy atom. The summed E-state index contributed by atoms with van der Waals surface area (Å²) in [6, 6.07) is 9.34. The molecule has 18 heavy (non-hydrogen) atoms. The van der Waals surface area contributed by atoms with Crippen molar-refractivity contribution in [1.29, 1.82) is 0 Å². The van der Waals surface area contributed by atoms with Gasteiger partial charge in [0.2, 0.25) is 0 Å². The number of hydrogen-bond donors (Lipinski definition) is 1. The van der Waals surface area contributed by atoms with Gasteiger partial charge >= 0.3 is 0 Å². The lowest BCUT2D eigenvalue weighted by Gasteiger charge is -2.18. The highest BCUT2D eigenvalue weighted by Crippen LogP contribution is 2.31. The number of fused-ring (bicyclic) bond motifs is 1. The van der Waals surface area contributed by atoms with Gasteiger partial charge < -0.3 is 10.6 Å². The van der Waals surface area contributed by atoms with Crippen molar-refractivity contribution < 1.29 is 8.78 Å². The minimum absolute atomic E-state index is 0.422. The number of anilines is 2. The van der Waals surface area contributed by atoms with Crippen LogP contribution in [0.4, 0.5) is 20.2 Å². The topological polar surface area (TPSA) is 29.3 Å². The normalized spacial score (nSPS) is 13.8. The summed E-state index contributed by atoms with van der Waals surface area (Å²) in [5, 5.41) is 0. The molecule has 3 rings (SSSR count). The number of hydrogen-bond acceptors (Lipinski definition) is 2. The Morgan fingerprint density at radius 1 is 0.944 bits per heavy atom. The Morgan fingerprint density at radius 2 is 1.72 bits per heavy atom. The third-order valence-corrected chi connectivity index (χ3v) is 3.20. The van der Waals surface area contributed by atoms with Gasteiger partial charge in [0.25, 0.3) is 0 Å². The van der Waals surface area contributed by atoms with Crippen LogP contribution in [0.2, 0.25) is 0 Å². The first-order chi connectivity index (χ1) is 8.63. The second-order valence-electron chi connectivity index (χ2n) is 4.48. The number of nitrogens with zero attached hydrogens (tertiary/aromatic N) is 1. The average Bonchev–Trinajstić information content (AvgIpc) is 2.71. The van der Waals surface area contributed by atoms with E-state index in [0.717, 1.165) is 17.2 Å². The van der Waals surface area contributed by atoms with Crippen LogP contribution in [-0.4, -0.2) is 0 Å². The van der Waals surface area contributed by atoms with Crippen LogP contribution >= 0.6 is 0 Å².